The Labute approximate surface area is 270 Å². The van der Waals surface area contributed by atoms with Crippen molar-refractivity contribution >= 4 is 18.1 Å². The number of ether oxygens (including phenoxy) is 4. The Morgan fingerprint density at radius 2 is 1.74 bits per heavy atom. The Kier molecular flexibility index (Phi) is 10.1. The van der Waals surface area contributed by atoms with Gasteiger partial charge in [-0.05, 0) is 56.8 Å². The number of aryl methyl sites for hydroxylation is 1. The van der Waals surface area contributed by atoms with E-state index in [9.17, 15) is 9.90 Å². The molecule has 2 aromatic heterocycles. The molecule has 8 bridgehead atoms. The zero-order chi connectivity index (χ0) is 32.4. The fraction of sp³-hybridized carbons (Fsp3) is 0.583. The number of aliphatic hydroxyl groups excluding tert-OH is 1. The van der Waals surface area contributed by atoms with E-state index in [0.717, 1.165) is 29.7 Å². The van der Waals surface area contributed by atoms with Gasteiger partial charge in [-0.3, -0.25) is 0 Å². The summed E-state index contributed by atoms with van der Waals surface area (Å²) in [5, 5.41) is 10.7. The average Bonchev–Trinajstić information content (AvgIpc) is 3.64. The summed E-state index contributed by atoms with van der Waals surface area (Å²) in [4.78, 5) is 22.3. The second-order valence-electron chi connectivity index (χ2n) is 13.4. The molecule has 0 radical (unpaired) electrons. The van der Waals surface area contributed by atoms with Crippen molar-refractivity contribution in [3.05, 3.63) is 71.6 Å². The summed E-state index contributed by atoms with van der Waals surface area (Å²) in [5.74, 6) is 0.479. The highest BCUT2D eigenvalue weighted by Crippen LogP contribution is 2.39. The average molecular weight is 635 g/mol. The van der Waals surface area contributed by atoms with Gasteiger partial charge < -0.3 is 32.9 Å². The Morgan fingerprint density at radius 3 is 2.54 bits per heavy atom. The van der Waals surface area contributed by atoms with Crippen molar-refractivity contribution < 1.29 is 37.7 Å². The van der Waals surface area contributed by atoms with E-state index in [1.165, 1.54) is 6.08 Å². The van der Waals surface area contributed by atoms with Crippen molar-refractivity contribution in [3.63, 3.8) is 0 Å². The second kappa shape index (κ2) is 14.2. The van der Waals surface area contributed by atoms with Crippen LogP contribution in [0.3, 0.4) is 0 Å². The Morgan fingerprint density at radius 1 is 0.935 bits per heavy atom. The summed E-state index contributed by atoms with van der Waals surface area (Å²) >= 11 is 0. The third kappa shape index (κ3) is 7.79. The zero-order valence-corrected chi connectivity index (χ0v) is 27.2. The lowest BCUT2D eigenvalue weighted by molar-refractivity contribution is -0.179. The van der Waals surface area contributed by atoms with Crippen LogP contribution >= 0.6 is 0 Å². The standard InChI is InChI=1S/C36H46N2O8/c1-20-12-27-8-6-11-34(40)46-36-22(3)31(45-35(23(36)4)21(2)14-25-18-41-24(5)37-25)9-7-10-33-38-30(19-42-33)32-16-26(39)15-29(44-32)17-28(13-20)43-27/h6-7,10-11,14,18-19,22-23,26-29,31-32,35-36,39H,1,8-9,12-13,15-17H2,2-5H3/b10-7+,11-6-,21-14+/t22-,23-,26+,27-,28+,29-,31+,32+,35-,36-/m0/s1. The third-order valence-electron chi connectivity index (χ3n) is 9.61. The van der Waals surface area contributed by atoms with Crippen LogP contribution in [-0.4, -0.2) is 63.8 Å². The molecular formula is C36H46N2O8. The van der Waals surface area contributed by atoms with E-state index in [-0.39, 0.29) is 60.5 Å². The van der Waals surface area contributed by atoms with Gasteiger partial charge in [0.15, 0.2) is 5.89 Å². The van der Waals surface area contributed by atoms with Crippen LogP contribution in [0.5, 0.6) is 0 Å². The summed E-state index contributed by atoms with van der Waals surface area (Å²) in [5.41, 5.74) is 3.47. The number of nitrogens with zero attached hydrogens (tertiary/aromatic N) is 2. The van der Waals surface area contributed by atoms with Gasteiger partial charge in [0, 0.05) is 37.7 Å². The van der Waals surface area contributed by atoms with Gasteiger partial charge in [0.25, 0.3) is 0 Å². The number of esters is 1. The van der Waals surface area contributed by atoms with Crippen LogP contribution in [0.4, 0.5) is 0 Å². The fourth-order valence-corrected chi connectivity index (χ4v) is 7.38. The molecule has 0 aromatic carbocycles. The van der Waals surface area contributed by atoms with Crippen LogP contribution in [0, 0.1) is 18.8 Å². The molecule has 6 heterocycles. The van der Waals surface area contributed by atoms with E-state index in [1.54, 1.807) is 19.5 Å². The highest BCUT2D eigenvalue weighted by atomic mass is 16.6. The van der Waals surface area contributed by atoms with Gasteiger partial charge in [-0.15, -0.1) is 0 Å². The number of hydrogen-bond donors (Lipinski definition) is 1. The summed E-state index contributed by atoms with van der Waals surface area (Å²) in [6.45, 7) is 12.2. The lowest BCUT2D eigenvalue weighted by atomic mass is 9.79. The van der Waals surface area contributed by atoms with Crippen molar-refractivity contribution in [1.29, 1.82) is 0 Å². The molecule has 4 aliphatic rings. The molecule has 248 valence electrons. The molecule has 2 aromatic rings. The third-order valence-corrected chi connectivity index (χ3v) is 9.61. The van der Waals surface area contributed by atoms with E-state index in [2.05, 4.69) is 30.4 Å². The Hall–Kier alpha value is -3.31. The highest BCUT2D eigenvalue weighted by molar-refractivity contribution is 5.82. The first kappa shape index (κ1) is 32.6. The summed E-state index contributed by atoms with van der Waals surface area (Å²) in [6.07, 6.45) is 14.5. The predicted molar refractivity (Wildman–Crippen MR) is 170 cm³/mol. The monoisotopic (exact) mass is 634 g/mol. The number of rotatable bonds is 2. The maximum Gasteiger partial charge on any atom is 0.330 e. The van der Waals surface area contributed by atoms with E-state index in [0.29, 0.717) is 49.6 Å². The molecule has 0 aliphatic carbocycles. The fourth-order valence-electron chi connectivity index (χ4n) is 7.38. The normalized spacial score (nSPS) is 37.5. The van der Waals surface area contributed by atoms with Gasteiger partial charge in [0.2, 0.25) is 5.89 Å². The van der Waals surface area contributed by atoms with Crippen molar-refractivity contribution in [2.75, 3.05) is 0 Å². The van der Waals surface area contributed by atoms with Crippen LogP contribution in [0.2, 0.25) is 0 Å². The van der Waals surface area contributed by atoms with Gasteiger partial charge in [-0.25, -0.2) is 14.8 Å². The molecule has 46 heavy (non-hydrogen) atoms. The van der Waals surface area contributed by atoms with E-state index < -0.39 is 6.10 Å². The molecule has 10 atom stereocenters. The zero-order valence-electron chi connectivity index (χ0n) is 27.2. The van der Waals surface area contributed by atoms with E-state index >= 15 is 0 Å². The van der Waals surface area contributed by atoms with Crippen molar-refractivity contribution in [1.82, 2.24) is 9.97 Å². The molecular weight excluding hydrogens is 588 g/mol. The summed E-state index contributed by atoms with van der Waals surface area (Å²) in [6, 6.07) is 0. The second-order valence-corrected chi connectivity index (χ2v) is 13.4. The smallest absolute Gasteiger partial charge is 0.330 e. The van der Waals surface area contributed by atoms with Crippen molar-refractivity contribution in [3.8, 4) is 0 Å². The van der Waals surface area contributed by atoms with Crippen LogP contribution in [-0.2, 0) is 23.7 Å². The largest absolute Gasteiger partial charge is 0.458 e. The lowest BCUT2D eigenvalue weighted by Gasteiger charge is -2.44. The number of aliphatic hydroxyl groups is 1. The molecule has 3 saturated heterocycles. The minimum absolute atomic E-state index is 0.0793. The molecule has 0 spiro atoms. The molecule has 0 amide bonds. The topological polar surface area (TPSA) is 126 Å². The lowest BCUT2D eigenvalue weighted by Crippen LogP contribution is -2.50. The SMILES string of the molecule is C=C1C[C@@H]2C[C@@H]3C[C@@H](O)C[C@@H](O3)c3coc(n3)/C=C/C[C@H]3O[C@@H](/C(C)=C/c4coc(C)n4)[C@H](C)[C@@H](OC(=O)/C=C\C[C@@H](C1)O2)[C@H]3C. The number of hydrogen-bond acceptors (Lipinski definition) is 10. The number of oxazole rings is 2. The first-order chi connectivity index (χ1) is 22.1. The van der Waals surface area contributed by atoms with Gasteiger partial charge in [-0.2, -0.15) is 0 Å². The molecule has 10 heteroatoms. The molecule has 6 rings (SSSR count). The first-order valence-electron chi connectivity index (χ1n) is 16.5. The van der Waals surface area contributed by atoms with Crippen molar-refractivity contribution in [2.24, 2.45) is 11.8 Å². The minimum Gasteiger partial charge on any atom is -0.458 e. The van der Waals surface area contributed by atoms with Gasteiger partial charge in [0.05, 0.1) is 36.6 Å². The van der Waals surface area contributed by atoms with Crippen LogP contribution in [0.25, 0.3) is 12.2 Å². The minimum atomic E-state index is -0.503. The van der Waals surface area contributed by atoms with Crippen molar-refractivity contribution in [2.45, 2.75) is 121 Å². The molecule has 3 fully saturated rings. The maximum absolute atomic E-state index is 13.2. The summed E-state index contributed by atoms with van der Waals surface area (Å²) in [7, 11) is 0. The molecule has 10 nitrogen and oxygen atoms in total. The molecule has 4 aliphatic heterocycles. The number of fused-ring (bicyclic) bond motifs is 9. The Bertz CT molecular complexity index is 1470. The van der Waals surface area contributed by atoms with Crippen LogP contribution < -0.4 is 0 Å². The van der Waals surface area contributed by atoms with Crippen LogP contribution in [0.15, 0.2) is 57.3 Å². The number of carbonyl (C=O) groups excluding carboxylic acids is 1. The molecule has 0 saturated carbocycles. The number of aromatic nitrogens is 2. The van der Waals surface area contributed by atoms with E-state index in [4.69, 9.17) is 27.8 Å². The van der Waals surface area contributed by atoms with Gasteiger partial charge in [-0.1, -0.05) is 38.2 Å². The maximum atomic E-state index is 13.2. The molecule has 0 unspecified atom stereocenters. The Balaban J connectivity index is 1.27. The van der Waals surface area contributed by atoms with E-state index in [1.807, 2.05) is 31.2 Å². The van der Waals surface area contributed by atoms with Gasteiger partial charge in [0.1, 0.15) is 36.1 Å². The highest BCUT2D eigenvalue weighted by Gasteiger charge is 2.44. The predicted octanol–water partition coefficient (Wildman–Crippen LogP) is 6.46. The quantitative estimate of drug-likeness (QED) is 0.290. The number of carbonyl (C=O) groups is 1. The van der Waals surface area contributed by atoms with Crippen LogP contribution in [0.1, 0.15) is 95.0 Å². The molecule has 1 N–H and O–H groups in total. The summed E-state index contributed by atoms with van der Waals surface area (Å²) < 4.78 is 36.9. The first-order valence-corrected chi connectivity index (χ1v) is 16.5. The van der Waals surface area contributed by atoms with Gasteiger partial charge >= 0.3 is 5.97 Å².